The van der Waals surface area contributed by atoms with Crippen molar-refractivity contribution in [3.05, 3.63) is 120 Å². The number of unbranched alkanes of at least 4 members (excludes halogenated alkanes) is 1. The molecule has 0 heterocycles. The highest BCUT2D eigenvalue weighted by molar-refractivity contribution is 7.89. The summed E-state index contributed by atoms with van der Waals surface area (Å²) in [4.78, 5) is 18.1. The summed E-state index contributed by atoms with van der Waals surface area (Å²) in [5.41, 5.74) is 3.73. The molecule has 0 aliphatic heterocycles. The topological polar surface area (TPSA) is 69.7 Å². The molecule has 0 saturated carbocycles. The summed E-state index contributed by atoms with van der Waals surface area (Å²) in [6, 6.07) is 34.6. The van der Waals surface area contributed by atoms with Gasteiger partial charge in [0, 0.05) is 29.9 Å². The Kier molecular flexibility index (Phi) is 10.2. The molecule has 0 aromatic heterocycles. The van der Waals surface area contributed by atoms with Crippen LogP contribution in [0, 0.1) is 0 Å². The molecular weight excluding hydrogens is 542 g/mol. The number of carbonyl (C=O) groups excluding carboxylic acids is 1. The SMILES string of the molecule is CCCCN(Cc1ccc(-c2ccccc2S(=O)(=O)NC(C)(C)C)cc1)C(=O)N(Cc1ccccc1)c1ccccc1. The number of urea groups is 1. The van der Waals surface area contributed by atoms with Crippen molar-refractivity contribution in [1.29, 1.82) is 0 Å². The van der Waals surface area contributed by atoms with Gasteiger partial charge in [0.2, 0.25) is 10.0 Å². The van der Waals surface area contributed by atoms with Crippen LogP contribution < -0.4 is 9.62 Å². The molecular formula is C35H41N3O3S. The highest BCUT2D eigenvalue weighted by atomic mass is 32.2. The number of hydrogen-bond acceptors (Lipinski definition) is 3. The Morgan fingerprint density at radius 3 is 1.93 bits per heavy atom. The van der Waals surface area contributed by atoms with E-state index < -0.39 is 15.6 Å². The van der Waals surface area contributed by atoms with Crippen molar-refractivity contribution in [2.24, 2.45) is 0 Å². The third kappa shape index (κ3) is 8.30. The van der Waals surface area contributed by atoms with Gasteiger partial charge in [-0.1, -0.05) is 104 Å². The number of nitrogens with zero attached hydrogens (tertiary/aromatic N) is 2. The number of amides is 2. The number of para-hydroxylation sites is 1. The molecule has 4 aromatic carbocycles. The maximum Gasteiger partial charge on any atom is 0.325 e. The maximum atomic E-state index is 14.1. The first kappa shape index (κ1) is 31.0. The van der Waals surface area contributed by atoms with Crippen LogP contribution in [-0.4, -0.2) is 31.4 Å². The third-order valence-corrected chi connectivity index (χ3v) is 8.61. The van der Waals surface area contributed by atoms with E-state index in [9.17, 15) is 13.2 Å². The monoisotopic (exact) mass is 583 g/mol. The second-order valence-corrected chi connectivity index (χ2v) is 13.2. The normalized spacial score (nSPS) is 11.7. The zero-order valence-electron chi connectivity index (χ0n) is 25.0. The Morgan fingerprint density at radius 1 is 0.738 bits per heavy atom. The smallest absolute Gasteiger partial charge is 0.320 e. The number of benzene rings is 4. The van der Waals surface area contributed by atoms with E-state index in [-0.39, 0.29) is 10.9 Å². The van der Waals surface area contributed by atoms with E-state index in [1.807, 2.05) is 128 Å². The lowest BCUT2D eigenvalue weighted by Crippen LogP contribution is -2.43. The fourth-order valence-electron chi connectivity index (χ4n) is 4.81. The molecule has 0 atom stereocenters. The quantitative estimate of drug-likeness (QED) is 0.195. The standard InChI is InChI=1S/C35H41N3O3S/c1-5-6-25-37(34(39)38(31-17-11-8-12-18-31)27-28-15-9-7-10-16-28)26-29-21-23-30(24-22-29)32-19-13-14-20-33(32)42(40,41)36-35(2,3)4/h7-24,36H,5-6,25-27H2,1-4H3. The molecule has 0 aliphatic carbocycles. The van der Waals surface area contributed by atoms with E-state index in [0.717, 1.165) is 35.2 Å². The largest absolute Gasteiger partial charge is 0.325 e. The fourth-order valence-corrected chi connectivity index (χ4v) is 6.46. The molecule has 0 spiro atoms. The molecule has 2 amide bonds. The van der Waals surface area contributed by atoms with Crippen LogP contribution >= 0.6 is 0 Å². The molecule has 6 nitrogen and oxygen atoms in total. The van der Waals surface area contributed by atoms with Gasteiger partial charge in [-0.25, -0.2) is 17.9 Å². The third-order valence-electron chi connectivity index (χ3n) is 6.79. The molecule has 0 saturated heterocycles. The van der Waals surface area contributed by atoms with Gasteiger partial charge < -0.3 is 4.90 Å². The molecule has 0 aliphatic rings. The molecule has 0 radical (unpaired) electrons. The van der Waals surface area contributed by atoms with Gasteiger partial charge in [0.15, 0.2) is 0 Å². The van der Waals surface area contributed by atoms with Crippen LogP contribution in [0.3, 0.4) is 0 Å². The van der Waals surface area contributed by atoms with Crippen LogP contribution in [0.5, 0.6) is 0 Å². The Balaban J connectivity index is 1.60. The van der Waals surface area contributed by atoms with Crippen molar-refractivity contribution < 1.29 is 13.2 Å². The highest BCUT2D eigenvalue weighted by Gasteiger charge is 2.25. The van der Waals surface area contributed by atoms with Gasteiger partial charge in [0.25, 0.3) is 0 Å². The number of anilines is 1. The first-order valence-corrected chi connectivity index (χ1v) is 15.9. The number of nitrogens with one attached hydrogen (secondary N) is 1. The van der Waals surface area contributed by atoms with E-state index in [0.29, 0.717) is 25.2 Å². The molecule has 42 heavy (non-hydrogen) atoms. The number of rotatable bonds is 11. The Bertz CT molecular complexity index is 1550. The van der Waals surface area contributed by atoms with Crippen molar-refractivity contribution >= 4 is 21.7 Å². The Labute approximate surface area is 251 Å². The van der Waals surface area contributed by atoms with E-state index in [1.165, 1.54) is 0 Å². The van der Waals surface area contributed by atoms with E-state index in [2.05, 4.69) is 11.6 Å². The molecule has 4 aromatic rings. The Hall–Kier alpha value is -3.94. The first-order chi connectivity index (χ1) is 20.1. The van der Waals surface area contributed by atoms with Gasteiger partial charge >= 0.3 is 6.03 Å². The van der Waals surface area contributed by atoms with Gasteiger partial charge in [0.1, 0.15) is 0 Å². The Morgan fingerprint density at radius 2 is 1.31 bits per heavy atom. The fraction of sp³-hybridized carbons (Fsp3) is 0.286. The minimum atomic E-state index is -3.72. The van der Waals surface area contributed by atoms with E-state index in [4.69, 9.17) is 0 Å². The summed E-state index contributed by atoms with van der Waals surface area (Å²) in [7, 11) is -3.72. The van der Waals surface area contributed by atoms with Gasteiger partial charge in [0.05, 0.1) is 11.4 Å². The van der Waals surface area contributed by atoms with Crippen LogP contribution in [0.4, 0.5) is 10.5 Å². The number of sulfonamides is 1. The minimum Gasteiger partial charge on any atom is -0.320 e. The van der Waals surface area contributed by atoms with Crippen molar-refractivity contribution in [2.75, 3.05) is 11.4 Å². The summed E-state index contributed by atoms with van der Waals surface area (Å²) in [5.74, 6) is 0. The summed E-state index contributed by atoms with van der Waals surface area (Å²) in [6.45, 7) is 9.15. The number of carbonyl (C=O) groups is 1. The molecule has 220 valence electrons. The number of hydrogen-bond donors (Lipinski definition) is 1. The first-order valence-electron chi connectivity index (χ1n) is 14.4. The van der Waals surface area contributed by atoms with Crippen LogP contribution in [0.1, 0.15) is 51.7 Å². The highest BCUT2D eigenvalue weighted by Crippen LogP contribution is 2.29. The molecule has 0 fully saturated rings. The molecule has 0 unspecified atom stereocenters. The van der Waals surface area contributed by atoms with Gasteiger partial charge in [-0.2, -0.15) is 0 Å². The lowest BCUT2D eigenvalue weighted by Gasteiger charge is -2.31. The predicted octanol–water partition coefficient (Wildman–Crippen LogP) is 7.86. The zero-order valence-corrected chi connectivity index (χ0v) is 25.8. The summed E-state index contributed by atoms with van der Waals surface area (Å²) in [6.07, 6.45) is 1.87. The summed E-state index contributed by atoms with van der Waals surface area (Å²) < 4.78 is 29.1. The maximum absolute atomic E-state index is 14.1. The van der Waals surface area contributed by atoms with Crippen molar-refractivity contribution in [1.82, 2.24) is 9.62 Å². The second kappa shape index (κ2) is 13.8. The van der Waals surface area contributed by atoms with Gasteiger partial charge in [-0.3, -0.25) is 4.90 Å². The average Bonchev–Trinajstić information content (AvgIpc) is 2.98. The van der Waals surface area contributed by atoms with Gasteiger partial charge in [-0.15, -0.1) is 0 Å². The minimum absolute atomic E-state index is 0.0488. The van der Waals surface area contributed by atoms with Crippen molar-refractivity contribution in [3.63, 3.8) is 0 Å². The predicted molar refractivity (Wildman–Crippen MR) is 172 cm³/mol. The molecule has 4 rings (SSSR count). The van der Waals surface area contributed by atoms with Crippen LogP contribution in [0.25, 0.3) is 11.1 Å². The van der Waals surface area contributed by atoms with E-state index in [1.54, 1.807) is 12.1 Å². The average molecular weight is 584 g/mol. The van der Waals surface area contributed by atoms with Crippen LogP contribution in [-0.2, 0) is 23.1 Å². The van der Waals surface area contributed by atoms with Crippen molar-refractivity contribution in [3.8, 4) is 11.1 Å². The van der Waals surface area contributed by atoms with Crippen molar-refractivity contribution in [2.45, 2.75) is 64.1 Å². The zero-order chi connectivity index (χ0) is 30.2. The van der Waals surface area contributed by atoms with E-state index >= 15 is 0 Å². The van der Waals surface area contributed by atoms with Gasteiger partial charge in [-0.05, 0) is 62.1 Å². The lowest BCUT2D eigenvalue weighted by molar-refractivity contribution is 0.200. The molecule has 7 heteroatoms. The second-order valence-electron chi connectivity index (χ2n) is 11.5. The molecule has 0 bridgehead atoms. The van der Waals surface area contributed by atoms with Crippen LogP contribution in [0.15, 0.2) is 114 Å². The van der Waals surface area contributed by atoms with Crippen LogP contribution in [0.2, 0.25) is 0 Å². The lowest BCUT2D eigenvalue weighted by atomic mass is 10.0. The molecule has 1 N–H and O–H groups in total. The summed E-state index contributed by atoms with van der Waals surface area (Å²) in [5, 5.41) is 0. The summed E-state index contributed by atoms with van der Waals surface area (Å²) >= 11 is 0.